The molecule has 0 saturated heterocycles. The van der Waals surface area contributed by atoms with E-state index in [1.54, 1.807) is 38.1 Å². The van der Waals surface area contributed by atoms with E-state index in [0.717, 1.165) is 0 Å². The molecule has 0 fully saturated rings. The number of hydrogen-bond donors (Lipinski definition) is 1. The Bertz CT molecular complexity index is 870. The highest BCUT2D eigenvalue weighted by Gasteiger charge is 2.29. The van der Waals surface area contributed by atoms with Gasteiger partial charge in [-0.1, -0.05) is 29.8 Å². The van der Waals surface area contributed by atoms with Crippen LogP contribution in [0.4, 0.5) is 0 Å². The van der Waals surface area contributed by atoms with E-state index in [0.29, 0.717) is 40.7 Å². The third kappa shape index (κ3) is 4.67. The number of carbonyl (C=O) groups excluding carboxylic acids is 2. The highest BCUT2D eigenvalue weighted by Crippen LogP contribution is 2.36. The van der Waals surface area contributed by atoms with Crippen LogP contribution in [0.2, 0.25) is 5.02 Å². The summed E-state index contributed by atoms with van der Waals surface area (Å²) < 4.78 is 15.6. The Kier molecular flexibility index (Phi) is 7.92. The van der Waals surface area contributed by atoms with Gasteiger partial charge in [-0.15, -0.1) is 0 Å². The quantitative estimate of drug-likeness (QED) is 0.530. The van der Waals surface area contributed by atoms with Crippen molar-refractivity contribution >= 4 is 23.5 Å². The lowest BCUT2D eigenvalue weighted by molar-refractivity contribution is 0.0525. The summed E-state index contributed by atoms with van der Waals surface area (Å²) in [7, 11) is 1.26. The molecule has 1 aromatic heterocycles. The van der Waals surface area contributed by atoms with Crippen LogP contribution in [0.25, 0.3) is 11.1 Å². The van der Waals surface area contributed by atoms with Gasteiger partial charge in [-0.05, 0) is 19.9 Å². The van der Waals surface area contributed by atoms with Gasteiger partial charge in [0.25, 0.3) is 0 Å². The first kappa shape index (κ1) is 21.8. The molecule has 0 amide bonds. The molecule has 8 heteroatoms. The second-order valence-electron chi connectivity index (χ2n) is 5.80. The molecule has 0 saturated carbocycles. The second-order valence-corrected chi connectivity index (χ2v) is 6.21. The van der Waals surface area contributed by atoms with Crippen LogP contribution in [0, 0.1) is 6.92 Å². The van der Waals surface area contributed by atoms with Crippen LogP contribution in [-0.2, 0) is 20.8 Å². The molecule has 7 nitrogen and oxygen atoms in total. The van der Waals surface area contributed by atoms with Crippen LogP contribution >= 0.6 is 11.6 Å². The maximum Gasteiger partial charge on any atom is 0.340 e. The van der Waals surface area contributed by atoms with Crippen molar-refractivity contribution in [2.24, 2.45) is 5.73 Å². The topological polar surface area (TPSA) is 101 Å². The van der Waals surface area contributed by atoms with Gasteiger partial charge in [0.2, 0.25) is 0 Å². The third-order valence-corrected chi connectivity index (χ3v) is 4.30. The van der Waals surface area contributed by atoms with Gasteiger partial charge in [-0.2, -0.15) is 0 Å². The van der Waals surface area contributed by atoms with E-state index < -0.39 is 11.9 Å². The highest BCUT2D eigenvalue weighted by atomic mass is 35.5. The molecule has 150 valence electrons. The van der Waals surface area contributed by atoms with Gasteiger partial charge in [0, 0.05) is 22.7 Å². The molecule has 2 rings (SSSR count). The van der Waals surface area contributed by atoms with Crippen molar-refractivity contribution in [1.82, 2.24) is 4.98 Å². The average molecular weight is 407 g/mol. The molecular formula is C20H23ClN2O5. The number of aryl methyl sites for hydroxylation is 1. The zero-order valence-corrected chi connectivity index (χ0v) is 16.8. The number of carbonyl (C=O) groups is 2. The Morgan fingerprint density at radius 2 is 1.89 bits per heavy atom. The Labute approximate surface area is 168 Å². The lowest BCUT2D eigenvalue weighted by atomic mass is 9.92. The van der Waals surface area contributed by atoms with Crippen LogP contribution in [0.5, 0.6) is 0 Å². The first-order valence-corrected chi connectivity index (χ1v) is 9.15. The Morgan fingerprint density at radius 1 is 1.18 bits per heavy atom. The van der Waals surface area contributed by atoms with Crippen molar-refractivity contribution in [3.05, 3.63) is 51.8 Å². The number of methoxy groups -OCH3 is 1. The van der Waals surface area contributed by atoms with E-state index in [1.807, 2.05) is 0 Å². The molecule has 1 aromatic carbocycles. The minimum absolute atomic E-state index is 0.0308. The molecule has 2 aromatic rings. The van der Waals surface area contributed by atoms with Crippen molar-refractivity contribution in [3.8, 4) is 11.1 Å². The number of nitrogens with two attached hydrogens (primary N) is 1. The molecule has 0 aliphatic rings. The Balaban J connectivity index is 2.85. The predicted molar refractivity (Wildman–Crippen MR) is 105 cm³/mol. The lowest BCUT2D eigenvalue weighted by Crippen LogP contribution is -2.19. The fourth-order valence-electron chi connectivity index (χ4n) is 2.83. The number of pyridine rings is 1. The van der Waals surface area contributed by atoms with E-state index in [9.17, 15) is 9.59 Å². The highest BCUT2D eigenvalue weighted by molar-refractivity contribution is 6.34. The van der Waals surface area contributed by atoms with Crippen LogP contribution in [0.15, 0.2) is 24.3 Å². The average Bonchev–Trinajstić information content (AvgIpc) is 2.67. The van der Waals surface area contributed by atoms with Crippen molar-refractivity contribution in [3.63, 3.8) is 0 Å². The summed E-state index contributed by atoms with van der Waals surface area (Å²) in [6, 6.07) is 6.91. The standard InChI is InChI=1S/C20H23ClN2O5/c1-4-28-20(25)16-12(2)23-15(11-27-10-9-22)18(19(24)26-3)17(16)13-7-5-6-8-14(13)21/h5-8H,4,9-11,22H2,1-3H3. The molecule has 0 aliphatic carbocycles. The number of rotatable bonds is 8. The van der Waals surface area contributed by atoms with Crippen molar-refractivity contribution in [2.45, 2.75) is 20.5 Å². The van der Waals surface area contributed by atoms with Gasteiger partial charge in [-0.25, -0.2) is 9.59 Å². The lowest BCUT2D eigenvalue weighted by Gasteiger charge is -2.19. The summed E-state index contributed by atoms with van der Waals surface area (Å²) in [5.41, 5.74) is 7.29. The van der Waals surface area contributed by atoms with Crippen molar-refractivity contribution in [1.29, 1.82) is 0 Å². The van der Waals surface area contributed by atoms with Gasteiger partial charge in [0.1, 0.15) is 0 Å². The van der Waals surface area contributed by atoms with Crippen LogP contribution in [-0.4, -0.2) is 43.8 Å². The maximum atomic E-state index is 12.7. The first-order valence-electron chi connectivity index (χ1n) is 8.77. The van der Waals surface area contributed by atoms with Gasteiger partial charge >= 0.3 is 11.9 Å². The molecule has 0 bridgehead atoms. The van der Waals surface area contributed by atoms with E-state index in [-0.39, 0.29) is 24.3 Å². The summed E-state index contributed by atoms with van der Waals surface area (Å²) in [5.74, 6) is -1.25. The minimum Gasteiger partial charge on any atom is -0.465 e. The maximum absolute atomic E-state index is 12.7. The first-order chi connectivity index (χ1) is 13.5. The van der Waals surface area contributed by atoms with E-state index in [1.165, 1.54) is 7.11 Å². The molecule has 0 aliphatic heterocycles. The predicted octanol–water partition coefficient (Wildman–Crippen LogP) is 3.15. The third-order valence-electron chi connectivity index (χ3n) is 3.97. The largest absolute Gasteiger partial charge is 0.465 e. The molecule has 28 heavy (non-hydrogen) atoms. The molecule has 0 spiro atoms. The number of aromatic nitrogens is 1. The smallest absolute Gasteiger partial charge is 0.340 e. The summed E-state index contributed by atoms with van der Waals surface area (Å²) in [5, 5.41) is 0.373. The zero-order chi connectivity index (χ0) is 20.7. The normalized spacial score (nSPS) is 10.6. The molecule has 1 heterocycles. The summed E-state index contributed by atoms with van der Waals surface area (Å²) in [4.78, 5) is 29.8. The fraction of sp³-hybridized carbons (Fsp3) is 0.350. The zero-order valence-electron chi connectivity index (χ0n) is 16.1. The molecule has 0 atom stereocenters. The fourth-order valence-corrected chi connectivity index (χ4v) is 3.06. The van der Waals surface area contributed by atoms with Gasteiger partial charge in [0.15, 0.2) is 0 Å². The Hall–Kier alpha value is -2.48. The second kappa shape index (κ2) is 10.2. The summed E-state index contributed by atoms with van der Waals surface area (Å²) in [6.45, 7) is 4.19. The van der Waals surface area contributed by atoms with E-state index in [2.05, 4.69) is 4.98 Å². The number of esters is 2. The van der Waals surface area contributed by atoms with Gasteiger partial charge in [0.05, 0.1) is 49.4 Å². The molecule has 2 N–H and O–H groups in total. The van der Waals surface area contributed by atoms with Crippen molar-refractivity contribution in [2.75, 3.05) is 26.9 Å². The molecular weight excluding hydrogens is 384 g/mol. The minimum atomic E-state index is -0.653. The van der Waals surface area contributed by atoms with Crippen molar-refractivity contribution < 1.29 is 23.8 Å². The van der Waals surface area contributed by atoms with Crippen LogP contribution in [0.1, 0.15) is 39.0 Å². The van der Waals surface area contributed by atoms with E-state index >= 15 is 0 Å². The summed E-state index contributed by atoms with van der Waals surface area (Å²) >= 11 is 6.39. The SMILES string of the molecule is CCOC(=O)c1c(C)nc(COCCN)c(C(=O)OC)c1-c1ccccc1Cl. The van der Waals surface area contributed by atoms with Crippen LogP contribution in [0.3, 0.4) is 0 Å². The number of hydrogen-bond acceptors (Lipinski definition) is 7. The molecule has 0 unspecified atom stereocenters. The van der Waals surface area contributed by atoms with Gasteiger partial charge < -0.3 is 19.9 Å². The van der Waals surface area contributed by atoms with Gasteiger partial charge in [-0.3, -0.25) is 4.98 Å². The number of benzene rings is 1. The van der Waals surface area contributed by atoms with Crippen LogP contribution < -0.4 is 5.73 Å². The Morgan fingerprint density at radius 3 is 2.50 bits per heavy atom. The van der Waals surface area contributed by atoms with E-state index in [4.69, 9.17) is 31.5 Å². The molecule has 0 radical (unpaired) electrons. The number of halogens is 1. The summed E-state index contributed by atoms with van der Waals surface area (Å²) in [6.07, 6.45) is 0. The number of nitrogens with zero attached hydrogens (tertiary/aromatic N) is 1. The monoisotopic (exact) mass is 406 g/mol. The number of ether oxygens (including phenoxy) is 3.